The summed E-state index contributed by atoms with van der Waals surface area (Å²) in [4.78, 5) is 30.8. The summed E-state index contributed by atoms with van der Waals surface area (Å²) >= 11 is 0. The molecule has 1 heterocycles. The molecule has 2 spiro atoms. The van der Waals surface area contributed by atoms with Crippen LogP contribution in [0.25, 0.3) is 0 Å². The molecule has 3 saturated carbocycles. The summed E-state index contributed by atoms with van der Waals surface area (Å²) in [5.74, 6) is 1.32. The number of piperazine rings is 1. The Hall–Kier alpha value is -2.48. The van der Waals surface area contributed by atoms with Crippen LogP contribution in [0.15, 0.2) is 48.1 Å². The molecule has 1 saturated heterocycles. The van der Waals surface area contributed by atoms with Gasteiger partial charge in [-0.3, -0.25) is 14.5 Å². The standard InChI is InChI=1S/C36H48N2O5/c1-24(39)38-19-17-37(18-20-38)23-35(42)14-11-30-33(35,3)13-10-29-32(2)12-9-26(40)21-34(32)15-16-36(29,30)28(22-34)31(41)25-5-7-27(43-4)8-6-25/h5-8,15-16,22,26,29-30,40,42H,9-14,17-21,23H2,1-4H3/t26?,29-,30-,32-,33+,34+,35-,36-/m1/s1. The Labute approximate surface area is 256 Å². The van der Waals surface area contributed by atoms with Gasteiger partial charge >= 0.3 is 0 Å². The van der Waals surface area contributed by atoms with Gasteiger partial charge in [0, 0.05) is 67.0 Å². The van der Waals surface area contributed by atoms with Gasteiger partial charge in [-0.2, -0.15) is 0 Å². The highest BCUT2D eigenvalue weighted by Gasteiger charge is 2.74. The van der Waals surface area contributed by atoms with Gasteiger partial charge in [0.05, 0.1) is 18.8 Å². The Kier molecular flexibility index (Phi) is 6.64. The monoisotopic (exact) mass is 588 g/mol. The van der Waals surface area contributed by atoms with Crippen LogP contribution in [0, 0.1) is 33.5 Å². The molecule has 0 radical (unpaired) electrons. The summed E-state index contributed by atoms with van der Waals surface area (Å²) in [6, 6.07) is 7.47. The van der Waals surface area contributed by atoms with Gasteiger partial charge in [0.25, 0.3) is 0 Å². The van der Waals surface area contributed by atoms with E-state index < -0.39 is 11.0 Å². The van der Waals surface area contributed by atoms with Crippen molar-refractivity contribution in [2.75, 3.05) is 39.8 Å². The number of amides is 1. The van der Waals surface area contributed by atoms with E-state index in [1.165, 1.54) is 0 Å². The molecular weight excluding hydrogens is 540 g/mol. The van der Waals surface area contributed by atoms with E-state index in [9.17, 15) is 19.8 Å². The van der Waals surface area contributed by atoms with E-state index in [1.807, 2.05) is 29.2 Å². The number of hydrogen-bond acceptors (Lipinski definition) is 6. The fourth-order valence-corrected chi connectivity index (χ4v) is 11.1. The maximum Gasteiger partial charge on any atom is 0.219 e. The van der Waals surface area contributed by atoms with Crippen molar-refractivity contribution in [1.82, 2.24) is 9.80 Å². The van der Waals surface area contributed by atoms with Gasteiger partial charge in [-0.05, 0) is 86.5 Å². The molecule has 8 atom stereocenters. The van der Waals surface area contributed by atoms with Crippen molar-refractivity contribution in [1.29, 1.82) is 0 Å². The Bertz CT molecular complexity index is 1380. The highest BCUT2D eigenvalue weighted by Crippen LogP contribution is 2.78. The second kappa shape index (κ2) is 9.76. The predicted molar refractivity (Wildman–Crippen MR) is 165 cm³/mol. The third kappa shape index (κ3) is 3.89. The highest BCUT2D eigenvalue weighted by molar-refractivity contribution is 6.10. The van der Waals surface area contributed by atoms with Crippen LogP contribution in [0.2, 0.25) is 0 Å². The SMILES string of the molecule is COc1ccc(C(=O)C2=C[C@@]34C=C[C@@]25[C@@H]2CC[C@@](O)(CN6CCN(C(C)=O)CC6)[C@@]2(C)CC[C@@H]5[C@@]3(C)CCC(O)C4)cc1. The van der Waals surface area contributed by atoms with Gasteiger partial charge in [-0.15, -0.1) is 0 Å². The van der Waals surface area contributed by atoms with Gasteiger partial charge < -0.3 is 19.8 Å². The molecule has 7 heteroatoms. The number of rotatable bonds is 5. The minimum absolute atomic E-state index is 0.0459. The largest absolute Gasteiger partial charge is 0.497 e. The minimum Gasteiger partial charge on any atom is -0.497 e. The zero-order valence-corrected chi connectivity index (χ0v) is 26.3. The molecule has 43 heavy (non-hydrogen) atoms. The average molecular weight is 589 g/mol. The Morgan fingerprint density at radius 2 is 1.58 bits per heavy atom. The number of carbonyl (C=O) groups is 2. The maximum atomic E-state index is 14.6. The van der Waals surface area contributed by atoms with E-state index in [0.29, 0.717) is 38.0 Å². The number of benzene rings is 1. The first-order valence-corrected chi connectivity index (χ1v) is 16.4. The van der Waals surface area contributed by atoms with E-state index in [-0.39, 0.29) is 45.9 Å². The molecular formula is C36H48N2O5. The first kappa shape index (κ1) is 29.2. The lowest BCUT2D eigenvalue weighted by molar-refractivity contribution is -0.177. The van der Waals surface area contributed by atoms with Crippen molar-refractivity contribution in [3.05, 3.63) is 53.6 Å². The van der Waals surface area contributed by atoms with E-state index in [0.717, 1.165) is 56.5 Å². The number of hydrogen-bond donors (Lipinski definition) is 2. The molecule has 1 aliphatic heterocycles. The summed E-state index contributed by atoms with van der Waals surface area (Å²) in [7, 11) is 1.63. The molecule has 4 fully saturated rings. The number of Topliss-reactive ketones (excluding diaryl/α,β-unsaturated/α-hetero) is 1. The Balaban J connectivity index is 1.29. The predicted octanol–water partition coefficient (Wildman–Crippen LogP) is 4.63. The quantitative estimate of drug-likeness (QED) is 0.385. The third-order valence-electron chi connectivity index (χ3n) is 13.6. The molecule has 0 aromatic heterocycles. The van der Waals surface area contributed by atoms with Crippen molar-refractivity contribution >= 4 is 11.7 Å². The van der Waals surface area contributed by atoms with Crippen molar-refractivity contribution in [2.45, 2.75) is 77.4 Å². The van der Waals surface area contributed by atoms with Crippen LogP contribution in [0.1, 0.15) is 76.1 Å². The van der Waals surface area contributed by atoms with Gasteiger partial charge in [-0.1, -0.05) is 32.1 Å². The van der Waals surface area contributed by atoms with Crippen molar-refractivity contribution < 1.29 is 24.5 Å². The van der Waals surface area contributed by atoms with Gasteiger partial charge in [0.15, 0.2) is 5.78 Å². The number of fused-ring (bicyclic) bond motifs is 1. The molecule has 2 N–H and O–H groups in total. The lowest BCUT2D eigenvalue weighted by Gasteiger charge is -2.71. The lowest BCUT2D eigenvalue weighted by Crippen LogP contribution is -2.67. The molecule has 1 amide bonds. The smallest absolute Gasteiger partial charge is 0.219 e. The number of ketones is 1. The maximum absolute atomic E-state index is 14.6. The first-order chi connectivity index (χ1) is 20.4. The van der Waals surface area contributed by atoms with E-state index in [4.69, 9.17) is 4.74 Å². The van der Waals surface area contributed by atoms with E-state index in [2.05, 4.69) is 37.0 Å². The number of allylic oxidation sites excluding steroid dienone is 4. The summed E-state index contributed by atoms with van der Waals surface area (Å²) in [6.45, 7) is 9.92. The fourth-order valence-electron chi connectivity index (χ4n) is 11.1. The Morgan fingerprint density at radius 3 is 2.26 bits per heavy atom. The minimum atomic E-state index is -0.868. The van der Waals surface area contributed by atoms with Crippen LogP contribution < -0.4 is 4.74 Å². The number of β-amino-alcohol motifs (C(OH)–C–C–N with tert-alkyl or cyclic N) is 1. The van der Waals surface area contributed by atoms with Crippen molar-refractivity contribution in [3.8, 4) is 5.75 Å². The molecule has 7 aliphatic rings. The van der Waals surface area contributed by atoms with Crippen LogP contribution in [-0.2, 0) is 4.79 Å². The molecule has 6 aliphatic carbocycles. The first-order valence-electron chi connectivity index (χ1n) is 16.4. The topological polar surface area (TPSA) is 90.3 Å². The van der Waals surface area contributed by atoms with Gasteiger partial charge in [0.2, 0.25) is 5.91 Å². The van der Waals surface area contributed by atoms with E-state index >= 15 is 0 Å². The second-order valence-electron chi connectivity index (χ2n) is 15.2. The van der Waals surface area contributed by atoms with Gasteiger partial charge in [-0.25, -0.2) is 0 Å². The average Bonchev–Trinajstić information content (AvgIpc) is 3.27. The van der Waals surface area contributed by atoms with Crippen LogP contribution in [0.4, 0.5) is 0 Å². The zero-order valence-electron chi connectivity index (χ0n) is 26.3. The number of aliphatic hydroxyl groups is 2. The molecule has 2 bridgehead atoms. The lowest BCUT2D eigenvalue weighted by atomic mass is 9.32. The Morgan fingerprint density at radius 1 is 0.930 bits per heavy atom. The summed E-state index contributed by atoms with van der Waals surface area (Å²) in [5, 5.41) is 23.5. The fraction of sp³-hybridized carbons (Fsp3) is 0.667. The normalized spacial score (nSPS) is 43.4. The zero-order chi connectivity index (χ0) is 30.4. The number of aliphatic hydroxyl groups excluding tert-OH is 1. The van der Waals surface area contributed by atoms with E-state index in [1.54, 1.807) is 14.0 Å². The molecule has 8 rings (SSSR count). The van der Waals surface area contributed by atoms with Crippen molar-refractivity contribution in [3.63, 3.8) is 0 Å². The van der Waals surface area contributed by atoms with Crippen LogP contribution in [0.3, 0.4) is 0 Å². The van der Waals surface area contributed by atoms with Crippen LogP contribution in [-0.4, -0.2) is 83.2 Å². The molecule has 1 aromatic carbocycles. The molecule has 1 unspecified atom stereocenters. The number of ether oxygens (including phenoxy) is 1. The van der Waals surface area contributed by atoms with Crippen LogP contribution >= 0.6 is 0 Å². The summed E-state index contributed by atoms with van der Waals surface area (Å²) in [5.41, 5.74) is -0.518. The number of carbonyl (C=O) groups excluding carboxylic acids is 2. The molecule has 1 aromatic rings. The second-order valence-corrected chi connectivity index (χ2v) is 15.2. The highest BCUT2D eigenvalue weighted by atomic mass is 16.5. The van der Waals surface area contributed by atoms with Gasteiger partial charge in [0.1, 0.15) is 5.75 Å². The summed E-state index contributed by atoms with van der Waals surface area (Å²) in [6.07, 6.45) is 12.5. The number of nitrogens with zero attached hydrogens (tertiary/aromatic N) is 2. The van der Waals surface area contributed by atoms with Crippen molar-refractivity contribution in [2.24, 2.45) is 33.5 Å². The molecule has 7 nitrogen and oxygen atoms in total. The summed E-state index contributed by atoms with van der Waals surface area (Å²) < 4.78 is 5.38. The number of methoxy groups -OCH3 is 1. The van der Waals surface area contributed by atoms with Crippen LogP contribution in [0.5, 0.6) is 5.75 Å². The third-order valence-corrected chi connectivity index (χ3v) is 13.6. The molecule has 232 valence electrons.